The average molecular weight is 518 g/mol. The van der Waals surface area contributed by atoms with Gasteiger partial charge in [0, 0.05) is 63.0 Å². The number of fused-ring (bicyclic) bond motifs is 1. The maximum atomic E-state index is 11.9. The zero-order valence-electron chi connectivity index (χ0n) is 21.0. The van der Waals surface area contributed by atoms with Crippen LogP contribution < -0.4 is 10.2 Å². The first kappa shape index (κ1) is 23.9. The summed E-state index contributed by atoms with van der Waals surface area (Å²) in [4.78, 5) is 16.4. The topological polar surface area (TPSA) is 120 Å². The first-order valence-electron chi connectivity index (χ1n) is 12.6. The predicted molar refractivity (Wildman–Crippen MR) is 146 cm³/mol. The van der Waals surface area contributed by atoms with Crippen molar-refractivity contribution in [2.45, 2.75) is 38.2 Å². The number of hydrogen-bond donors (Lipinski definition) is 3. The lowest BCUT2D eigenvalue weighted by molar-refractivity contribution is 0.0738. The zero-order chi connectivity index (χ0) is 25.8. The highest BCUT2D eigenvalue weighted by molar-refractivity contribution is 7.92. The molecular weight excluding hydrogens is 486 g/mol. The summed E-state index contributed by atoms with van der Waals surface area (Å²) in [5.74, 6) is 2.54. The third-order valence-corrected chi connectivity index (χ3v) is 8.71. The Hall–Kier alpha value is -3.50. The van der Waals surface area contributed by atoms with Crippen LogP contribution in [0, 0.1) is 4.78 Å². The second-order valence-corrected chi connectivity index (χ2v) is 12.9. The van der Waals surface area contributed by atoms with Crippen LogP contribution in [-0.2, 0) is 15.3 Å². The van der Waals surface area contributed by atoms with Gasteiger partial charge in [-0.05, 0) is 75.1 Å². The summed E-state index contributed by atoms with van der Waals surface area (Å²) in [5, 5.41) is 14.8. The Morgan fingerprint density at radius 2 is 1.81 bits per heavy atom. The van der Waals surface area contributed by atoms with Crippen LogP contribution in [0.1, 0.15) is 44.0 Å². The molecule has 1 aromatic carbocycles. The van der Waals surface area contributed by atoms with E-state index in [1.807, 2.05) is 48.7 Å². The molecule has 3 aromatic heterocycles. The molecule has 9 nitrogen and oxygen atoms in total. The van der Waals surface area contributed by atoms with Crippen molar-refractivity contribution in [2.24, 2.45) is 0 Å². The van der Waals surface area contributed by atoms with Gasteiger partial charge < -0.3 is 15.3 Å². The molecule has 1 saturated carbocycles. The van der Waals surface area contributed by atoms with Gasteiger partial charge in [-0.15, -0.1) is 0 Å². The number of nitrogens with zero attached hydrogens (tertiary/aromatic N) is 5. The van der Waals surface area contributed by atoms with Crippen LogP contribution in [-0.4, -0.2) is 53.4 Å². The highest BCUT2D eigenvalue weighted by Crippen LogP contribution is 2.43. The molecule has 1 aliphatic carbocycles. The van der Waals surface area contributed by atoms with E-state index in [1.54, 1.807) is 13.8 Å². The molecule has 2 aliphatic rings. The van der Waals surface area contributed by atoms with E-state index in [4.69, 9.17) is 14.7 Å². The van der Waals surface area contributed by atoms with Crippen LogP contribution in [0.3, 0.4) is 0 Å². The van der Waals surface area contributed by atoms with Crippen LogP contribution in [0.15, 0.2) is 54.7 Å². The monoisotopic (exact) mass is 517 g/mol. The third-order valence-electron chi connectivity index (χ3n) is 7.03. The number of benzene rings is 1. The number of aliphatic hydroxyl groups is 1. The Morgan fingerprint density at radius 3 is 2.49 bits per heavy atom. The molecule has 1 aliphatic heterocycles. The van der Waals surface area contributed by atoms with Gasteiger partial charge in [0.15, 0.2) is 5.65 Å². The summed E-state index contributed by atoms with van der Waals surface area (Å²) in [6.45, 7) is 4.75. The predicted octanol–water partition coefficient (Wildman–Crippen LogP) is 4.53. The number of hydrogen-bond acceptors (Lipinski definition) is 8. The summed E-state index contributed by atoms with van der Waals surface area (Å²) in [7, 11) is -2.41. The molecule has 0 radical (unpaired) electrons. The van der Waals surface area contributed by atoms with E-state index in [0.29, 0.717) is 42.2 Å². The van der Waals surface area contributed by atoms with Crippen molar-refractivity contribution in [3.8, 4) is 5.82 Å². The summed E-state index contributed by atoms with van der Waals surface area (Å²) in [6.07, 6.45) is 4.12. The number of nitrogens with one attached hydrogen (secondary N) is 2. The van der Waals surface area contributed by atoms with Gasteiger partial charge in [0.2, 0.25) is 5.95 Å². The van der Waals surface area contributed by atoms with E-state index in [9.17, 15) is 9.32 Å². The SMILES string of the molecule is CC(C)(O)c1cccc(-n2c(C3CC3)cc3cnc(Nc4ccc(N5CCS(=N)(=O)CC5)cc4)nc32)n1. The highest BCUT2D eigenvalue weighted by atomic mass is 32.2. The van der Waals surface area contributed by atoms with Crippen molar-refractivity contribution >= 4 is 38.1 Å². The molecule has 0 amide bonds. The number of rotatable bonds is 6. The lowest BCUT2D eigenvalue weighted by Crippen LogP contribution is -2.39. The number of anilines is 3. The van der Waals surface area contributed by atoms with Gasteiger partial charge >= 0.3 is 0 Å². The number of pyridine rings is 1. The standard InChI is InChI=1S/C27H31N7O2S/c1-27(2,35)23-4-3-5-24(31-23)34-22(18-6-7-18)16-19-17-29-26(32-25(19)34)30-20-8-10-21(11-9-20)33-12-14-37(28,36)15-13-33/h3-5,8-11,16-18,28,35H,6-7,12-15H2,1-2H3,(H,29,30,32). The van der Waals surface area contributed by atoms with Crippen LogP contribution in [0.4, 0.5) is 17.3 Å². The van der Waals surface area contributed by atoms with Crippen molar-refractivity contribution in [2.75, 3.05) is 34.8 Å². The second-order valence-electron chi connectivity index (χ2n) is 10.5. The van der Waals surface area contributed by atoms with Crippen LogP contribution in [0.25, 0.3) is 16.9 Å². The van der Waals surface area contributed by atoms with Crippen molar-refractivity contribution in [1.82, 2.24) is 19.5 Å². The minimum absolute atomic E-state index is 0.414. The molecule has 0 atom stereocenters. The maximum absolute atomic E-state index is 11.9. The van der Waals surface area contributed by atoms with E-state index in [2.05, 4.69) is 25.8 Å². The maximum Gasteiger partial charge on any atom is 0.229 e. The van der Waals surface area contributed by atoms with E-state index in [0.717, 1.165) is 41.1 Å². The number of aromatic nitrogens is 4. The van der Waals surface area contributed by atoms with E-state index in [1.165, 1.54) is 5.69 Å². The quantitative estimate of drug-likeness (QED) is 0.344. The summed E-state index contributed by atoms with van der Waals surface area (Å²) in [5.41, 5.74) is 3.44. The average Bonchev–Trinajstić information content (AvgIpc) is 3.64. The Bertz CT molecular complexity index is 1550. The first-order chi connectivity index (χ1) is 17.7. The Morgan fingerprint density at radius 1 is 1.08 bits per heavy atom. The molecule has 4 heterocycles. The van der Waals surface area contributed by atoms with E-state index >= 15 is 0 Å². The van der Waals surface area contributed by atoms with Crippen LogP contribution in [0.5, 0.6) is 0 Å². The fraction of sp³-hybridized carbons (Fsp3) is 0.370. The molecule has 0 spiro atoms. The molecule has 0 unspecified atom stereocenters. The molecule has 192 valence electrons. The second kappa shape index (κ2) is 8.81. The van der Waals surface area contributed by atoms with Crippen LogP contribution >= 0.6 is 0 Å². The van der Waals surface area contributed by atoms with Crippen molar-refractivity contribution < 1.29 is 9.32 Å². The minimum Gasteiger partial charge on any atom is -0.384 e. The lowest BCUT2D eigenvalue weighted by Gasteiger charge is -2.30. The Kier molecular flexibility index (Phi) is 5.68. The fourth-order valence-corrected chi connectivity index (χ4v) is 5.99. The normalized spacial score (nSPS) is 17.8. The molecule has 6 rings (SSSR count). The van der Waals surface area contributed by atoms with Crippen molar-refractivity contribution in [3.05, 3.63) is 66.1 Å². The molecule has 1 saturated heterocycles. The third kappa shape index (κ3) is 4.91. The van der Waals surface area contributed by atoms with Gasteiger partial charge in [-0.1, -0.05) is 6.07 Å². The molecule has 3 N–H and O–H groups in total. The molecule has 4 aromatic rings. The molecule has 0 bridgehead atoms. The van der Waals surface area contributed by atoms with Gasteiger partial charge in [0.25, 0.3) is 0 Å². The van der Waals surface area contributed by atoms with E-state index in [-0.39, 0.29) is 0 Å². The summed E-state index contributed by atoms with van der Waals surface area (Å²) in [6, 6.07) is 15.9. The van der Waals surface area contributed by atoms with Crippen LogP contribution in [0.2, 0.25) is 0 Å². The van der Waals surface area contributed by atoms with Gasteiger partial charge in [-0.25, -0.2) is 14.2 Å². The molecule has 2 fully saturated rings. The first-order valence-corrected chi connectivity index (χ1v) is 14.5. The fourth-order valence-electron chi connectivity index (χ4n) is 4.75. The molecule has 37 heavy (non-hydrogen) atoms. The van der Waals surface area contributed by atoms with Gasteiger partial charge in [-0.3, -0.25) is 9.35 Å². The van der Waals surface area contributed by atoms with Gasteiger partial charge in [-0.2, -0.15) is 4.98 Å². The van der Waals surface area contributed by atoms with Gasteiger partial charge in [0.1, 0.15) is 11.4 Å². The van der Waals surface area contributed by atoms with E-state index < -0.39 is 15.3 Å². The van der Waals surface area contributed by atoms with Crippen molar-refractivity contribution in [1.29, 1.82) is 4.78 Å². The highest BCUT2D eigenvalue weighted by Gasteiger charge is 2.30. The summed E-state index contributed by atoms with van der Waals surface area (Å²) < 4.78 is 21.8. The molecular formula is C27H31N7O2S. The largest absolute Gasteiger partial charge is 0.384 e. The minimum atomic E-state index is -2.41. The lowest BCUT2D eigenvalue weighted by atomic mass is 10.1. The van der Waals surface area contributed by atoms with Crippen molar-refractivity contribution in [3.63, 3.8) is 0 Å². The molecule has 10 heteroatoms. The Balaban J connectivity index is 1.30. The summed E-state index contributed by atoms with van der Waals surface area (Å²) >= 11 is 0. The Labute approximate surface area is 216 Å². The van der Waals surface area contributed by atoms with Gasteiger partial charge in [0.05, 0.1) is 5.69 Å². The smallest absolute Gasteiger partial charge is 0.229 e. The zero-order valence-corrected chi connectivity index (χ0v) is 21.8.